The number of ether oxygens (including phenoxy) is 1. The average molecular weight is 354 g/mol. The van der Waals surface area contributed by atoms with Gasteiger partial charge in [0.1, 0.15) is 5.60 Å². The normalized spacial score (nSPS) is 22.5. The van der Waals surface area contributed by atoms with Crippen molar-refractivity contribution in [2.24, 2.45) is 0 Å². The first kappa shape index (κ1) is 18.2. The lowest BCUT2D eigenvalue weighted by Gasteiger charge is -2.27. The number of hydrogen-bond donors (Lipinski definition) is 1. The predicted molar refractivity (Wildman–Crippen MR) is 102 cm³/mol. The Morgan fingerprint density at radius 2 is 2.04 bits per heavy atom. The van der Waals surface area contributed by atoms with Gasteiger partial charge < -0.3 is 15.0 Å². The lowest BCUT2D eigenvalue weighted by atomic mass is 9.85. The molecule has 0 aromatic heterocycles. The second kappa shape index (κ2) is 6.98. The molecule has 2 atom stereocenters. The van der Waals surface area contributed by atoms with E-state index in [1.54, 1.807) is 4.90 Å². The number of benzene rings is 1. The Morgan fingerprint density at radius 1 is 1.27 bits per heavy atom. The van der Waals surface area contributed by atoms with Crippen molar-refractivity contribution in [1.82, 2.24) is 10.2 Å². The molecule has 1 N–H and O–H groups in total. The van der Waals surface area contributed by atoms with Crippen LogP contribution in [0.5, 0.6) is 0 Å². The molecule has 3 rings (SSSR count). The molecule has 2 heterocycles. The lowest BCUT2D eigenvalue weighted by Crippen LogP contribution is -2.44. The topological polar surface area (TPSA) is 58.6 Å². The van der Waals surface area contributed by atoms with Crippen LogP contribution in [0.4, 0.5) is 4.79 Å². The van der Waals surface area contributed by atoms with Crippen LogP contribution in [0.25, 0.3) is 6.08 Å². The average Bonchev–Trinajstić information content (AvgIpc) is 2.98. The molecule has 0 unspecified atom stereocenters. The van der Waals surface area contributed by atoms with Gasteiger partial charge in [-0.2, -0.15) is 0 Å². The molecule has 0 aliphatic carbocycles. The highest BCUT2D eigenvalue weighted by Crippen LogP contribution is 2.35. The molecule has 0 bridgehead atoms. The minimum atomic E-state index is -0.528. The van der Waals surface area contributed by atoms with Gasteiger partial charge in [-0.1, -0.05) is 36.4 Å². The molecule has 26 heavy (non-hydrogen) atoms. The van der Waals surface area contributed by atoms with Crippen molar-refractivity contribution in [1.29, 1.82) is 0 Å². The maximum Gasteiger partial charge on any atom is 0.410 e. The standard InChI is InChI=1S/C21H26N2O3/c1-5-6-7-8-14-9-10-15-16(11-14)19(24)22-18-13-23(12-17(15)18)20(25)26-21(2,3)4/h5-11,17-18H,12-13H2,1-4H3,(H,22,24)/t17-,18+/m0/s1. The van der Waals surface area contributed by atoms with Crippen LogP contribution in [0, 0.1) is 0 Å². The summed E-state index contributed by atoms with van der Waals surface area (Å²) in [4.78, 5) is 26.6. The highest BCUT2D eigenvalue weighted by atomic mass is 16.6. The van der Waals surface area contributed by atoms with Gasteiger partial charge in [0, 0.05) is 24.6 Å². The van der Waals surface area contributed by atoms with Crippen LogP contribution in [0.3, 0.4) is 0 Å². The Morgan fingerprint density at radius 3 is 2.73 bits per heavy atom. The van der Waals surface area contributed by atoms with Gasteiger partial charge in [0.2, 0.25) is 0 Å². The smallest absolute Gasteiger partial charge is 0.410 e. The molecule has 0 saturated carbocycles. The summed E-state index contributed by atoms with van der Waals surface area (Å²) in [6.45, 7) is 8.56. The van der Waals surface area contributed by atoms with E-state index in [0.717, 1.165) is 11.1 Å². The predicted octanol–water partition coefficient (Wildman–Crippen LogP) is 3.72. The van der Waals surface area contributed by atoms with Gasteiger partial charge in [0.05, 0.1) is 6.04 Å². The minimum Gasteiger partial charge on any atom is -0.444 e. The first-order valence-corrected chi connectivity index (χ1v) is 9.00. The summed E-state index contributed by atoms with van der Waals surface area (Å²) in [5, 5.41) is 3.05. The second-order valence-electron chi connectivity index (χ2n) is 7.80. The third kappa shape index (κ3) is 3.82. The number of amides is 2. The third-order valence-corrected chi connectivity index (χ3v) is 4.60. The fourth-order valence-electron chi connectivity index (χ4n) is 3.46. The number of carbonyl (C=O) groups is 2. The molecule has 2 aliphatic rings. The molecular formula is C21H26N2O3. The van der Waals surface area contributed by atoms with Crippen molar-refractivity contribution in [3.63, 3.8) is 0 Å². The quantitative estimate of drug-likeness (QED) is 0.824. The number of fused-ring (bicyclic) bond motifs is 3. The Kier molecular flexibility index (Phi) is 4.90. The zero-order chi connectivity index (χ0) is 18.9. The van der Waals surface area contributed by atoms with Crippen molar-refractivity contribution >= 4 is 18.1 Å². The van der Waals surface area contributed by atoms with Gasteiger partial charge in [-0.3, -0.25) is 4.79 Å². The highest BCUT2D eigenvalue weighted by molar-refractivity contribution is 5.98. The molecule has 138 valence electrons. The zero-order valence-electron chi connectivity index (χ0n) is 15.8. The van der Waals surface area contributed by atoms with E-state index in [4.69, 9.17) is 4.74 Å². The van der Waals surface area contributed by atoms with E-state index in [-0.39, 0.29) is 24.0 Å². The van der Waals surface area contributed by atoms with Crippen molar-refractivity contribution in [2.75, 3.05) is 13.1 Å². The molecule has 2 amide bonds. The summed E-state index contributed by atoms with van der Waals surface area (Å²) in [7, 11) is 0. The van der Waals surface area contributed by atoms with E-state index in [0.29, 0.717) is 18.7 Å². The molecule has 0 radical (unpaired) electrons. The number of nitrogens with one attached hydrogen (secondary N) is 1. The van der Waals surface area contributed by atoms with Gasteiger partial charge in [-0.25, -0.2) is 4.79 Å². The second-order valence-corrected chi connectivity index (χ2v) is 7.80. The number of rotatable bonds is 2. The van der Waals surface area contributed by atoms with E-state index in [9.17, 15) is 9.59 Å². The molecule has 2 aliphatic heterocycles. The summed E-state index contributed by atoms with van der Waals surface area (Å²) < 4.78 is 5.48. The zero-order valence-corrected chi connectivity index (χ0v) is 15.8. The van der Waals surface area contributed by atoms with Crippen LogP contribution in [-0.4, -0.2) is 41.6 Å². The monoisotopic (exact) mass is 354 g/mol. The third-order valence-electron chi connectivity index (χ3n) is 4.60. The Bertz CT molecular complexity index is 774. The maximum absolute atomic E-state index is 12.5. The van der Waals surface area contributed by atoms with Crippen molar-refractivity contribution in [3.05, 3.63) is 53.1 Å². The molecule has 1 aromatic rings. The molecule has 1 fully saturated rings. The van der Waals surface area contributed by atoms with Gasteiger partial charge in [0.25, 0.3) is 5.91 Å². The summed E-state index contributed by atoms with van der Waals surface area (Å²) in [6.07, 6.45) is 7.50. The van der Waals surface area contributed by atoms with Crippen LogP contribution in [0.15, 0.2) is 36.4 Å². The number of carbonyl (C=O) groups excluding carboxylic acids is 2. The molecule has 5 nitrogen and oxygen atoms in total. The van der Waals surface area contributed by atoms with E-state index < -0.39 is 5.60 Å². The van der Waals surface area contributed by atoms with Crippen LogP contribution in [0.1, 0.15) is 55.1 Å². The van der Waals surface area contributed by atoms with E-state index in [2.05, 4.69) is 5.32 Å². The number of nitrogens with zero attached hydrogens (tertiary/aromatic N) is 1. The van der Waals surface area contributed by atoms with E-state index >= 15 is 0 Å². The molecular weight excluding hydrogens is 328 g/mol. The Hall–Kier alpha value is -2.56. The Balaban J connectivity index is 1.81. The summed E-state index contributed by atoms with van der Waals surface area (Å²) in [5.74, 6) is 0.0253. The van der Waals surface area contributed by atoms with Crippen LogP contribution in [0.2, 0.25) is 0 Å². The number of hydrogen-bond acceptors (Lipinski definition) is 3. The van der Waals surface area contributed by atoms with Crippen LogP contribution < -0.4 is 5.32 Å². The first-order valence-electron chi connectivity index (χ1n) is 9.00. The summed E-state index contributed by atoms with van der Waals surface area (Å²) >= 11 is 0. The fraction of sp³-hybridized carbons (Fsp3) is 0.429. The van der Waals surface area contributed by atoms with Gasteiger partial charge in [0.15, 0.2) is 0 Å². The summed E-state index contributed by atoms with van der Waals surface area (Å²) in [5.41, 5.74) is 2.16. The number of allylic oxidation sites excluding steroid dienone is 3. The van der Waals surface area contributed by atoms with Gasteiger partial charge in [-0.15, -0.1) is 0 Å². The van der Waals surface area contributed by atoms with Gasteiger partial charge in [-0.05, 0) is 44.9 Å². The van der Waals surface area contributed by atoms with Crippen LogP contribution in [-0.2, 0) is 4.74 Å². The molecule has 0 spiro atoms. The van der Waals surface area contributed by atoms with Crippen molar-refractivity contribution < 1.29 is 14.3 Å². The fourth-order valence-corrected chi connectivity index (χ4v) is 3.46. The number of likely N-dealkylation sites (tertiary alicyclic amines) is 1. The lowest BCUT2D eigenvalue weighted by molar-refractivity contribution is 0.0288. The molecule has 1 saturated heterocycles. The maximum atomic E-state index is 12.5. The minimum absolute atomic E-state index is 0.0630. The highest BCUT2D eigenvalue weighted by Gasteiger charge is 2.42. The first-order chi connectivity index (χ1) is 12.3. The SMILES string of the molecule is CC=CC=Cc1ccc2c(c1)C(=O)N[C@@H]1CN(C(=O)OC(C)(C)C)C[C@@H]21. The largest absolute Gasteiger partial charge is 0.444 e. The summed E-state index contributed by atoms with van der Waals surface area (Å²) in [6, 6.07) is 5.88. The van der Waals surface area contributed by atoms with E-state index in [1.165, 1.54) is 0 Å². The van der Waals surface area contributed by atoms with Crippen molar-refractivity contribution in [2.45, 2.75) is 45.3 Å². The van der Waals surface area contributed by atoms with Crippen molar-refractivity contribution in [3.8, 4) is 0 Å². The Labute approximate surface area is 154 Å². The molecule has 5 heteroatoms. The van der Waals surface area contributed by atoms with E-state index in [1.807, 2.05) is 70.2 Å². The van der Waals surface area contributed by atoms with Crippen LogP contribution >= 0.6 is 0 Å². The molecule has 1 aromatic carbocycles. The van der Waals surface area contributed by atoms with Gasteiger partial charge >= 0.3 is 6.09 Å².